The summed E-state index contributed by atoms with van der Waals surface area (Å²) in [6.07, 6.45) is 5.31. The van der Waals surface area contributed by atoms with E-state index in [0.29, 0.717) is 0 Å². The van der Waals surface area contributed by atoms with Gasteiger partial charge < -0.3 is 9.80 Å². The Kier molecular flexibility index (Phi) is 5.58. The molecule has 0 N–H and O–H groups in total. The van der Waals surface area contributed by atoms with Crippen LogP contribution in [0, 0.1) is 11.3 Å². The maximum Gasteiger partial charge on any atom is 0.0991 e. The van der Waals surface area contributed by atoms with Crippen molar-refractivity contribution < 1.29 is 0 Å². The lowest BCUT2D eigenvalue weighted by molar-refractivity contribution is 0.159. The lowest BCUT2D eigenvalue weighted by Crippen LogP contribution is -2.38. The van der Waals surface area contributed by atoms with Gasteiger partial charge in [-0.15, -0.1) is 0 Å². The Hall–Kier alpha value is -1.37. The Labute approximate surface area is 122 Å². The van der Waals surface area contributed by atoms with Crippen molar-refractivity contribution in [2.75, 3.05) is 27.2 Å². The molecule has 0 aromatic heterocycles. The molecule has 1 saturated heterocycles. The summed E-state index contributed by atoms with van der Waals surface area (Å²) in [4.78, 5) is 4.87. The van der Waals surface area contributed by atoms with Crippen LogP contribution in [0.4, 0.5) is 0 Å². The number of rotatable bonds is 5. The lowest BCUT2D eigenvalue weighted by atomic mass is 10.00. The zero-order chi connectivity index (χ0) is 14.4. The average molecular weight is 271 g/mol. The van der Waals surface area contributed by atoms with Crippen molar-refractivity contribution in [3.8, 4) is 6.07 Å². The highest BCUT2D eigenvalue weighted by atomic mass is 15.1. The fourth-order valence-corrected chi connectivity index (χ4v) is 3.01. The second-order valence-electron chi connectivity index (χ2n) is 5.97. The van der Waals surface area contributed by atoms with Crippen LogP contribution in [-0.2, 0) is 6.54 Å². The molecule has 1 unspecified atom stereocenters. The fourth-order valence-electron chi connectivity index (χ4n) is 3.01. The molecule has 0 amide bonds. The van der Waals surface area contributed by atoms with E-state index >= 15 is 0 Å². The van der Waals surface area contributed by atoms with Crippen molar-refractivity contribution in [1.29, 1.82) is 5.26 Å². The number of hydrogen-bond donors (Lipinski definition) is 0. The van der Waals surface area contributed by atoms with E-state index in [1.807, 2.05) is 18.2 Å². The Morgan fingerprint density at radius 2 is 2.25 bits per heavy atom. The smallest absolute Gasteiger partial charge is 0.0991 e. The molecule has 1 atom stereocenters. The van der Waals surface area contributed by atoms with Gasteiger partial charge in [0, 0.05) is 12.6 Å². The second-order valence-corrected chi connectivity index (χ2v) is 5.97. The number of benzene rings is 1. The fraction of sp³-hybridized carbons (Fsp3) is 0.588. The van der Waals surface area contributed by atoms with Gasteiger partial charge in [0.15, 0.2) is 0 Å². The first kappa shape index (κ1) is 15.0. The summed E-state index contributed by atoms with van der Waals surface area (Å²) in [5.74, 6) is 0. The highest BCUT2D eigenvalue weighted by molar-refractivity contribution is 5.32. The summed E-state index contributed by atoms with van der Waals surface area (Å²) in [6.45, 7) is 3.29. The van der Waals surface area contributed by atoms with Gasteiger partial charge in [-0.3, -0.25) is 0 Å². The summed E-state index contributed by atoms with van der Waals surface area (Å²) in [7, 11) is 4.42. The van der Waals surface area contributed by atoms with Gasteiger partial charge in [-0.05, 0) is 64.1 Å². The summed E-state index contributed by atoms with van der Waals surface area (Å²) >= 11 is 0. The van der Waals surface area contributed by atoms with Crippen LogP contribution in [0.15, 0.2) is 24.3 Å². The quantitative estimate of drug-likeness (QED) is 0.825. The largest absolute Gasteiger partial charge is 0.303 e. The standard InChI is InChI=1S/C17H25N3/c1-19(11-9-17-8-3-4-10-20(17)2)14-16-7-5-6-15(12-16)13-18/h5-7,12,17H,3-4,8-11,14H2,1-2H3. The van der Waals surface area contributed by atoms with E-state index in [2.05, 4.69) is 36.0 Å². The van der Waals surface area contributed by atoms with Crippen LogP contribution in [0.1, 0.15) is 36.8 Å². The molecule has 2 rings (SSSR count). The molecule has 1 aromatic rings. The summed E-state index contributed by atoms with van der Waals surface area (Å²) in [5, 5.41) is 8.93. The van der Waals surface area contributed by atoms with E-state index in [1.165, 1.54) is 37.8 Å². The summed E-state index contributed by atoms with van der Waals surface area (Å²) < 4.78 is 0. The van der Waals surface area contributed by atoms with Gasteiger partial charge in [0.05, 0.1) is 11.6 Å². The first-order chi connectivity index (χ1) is 9.69. The van der Waals surface area contributed by atoms with Crippen molar-refractivity contribution in [3.05, 3.63) is 35.4 Å². The monoisotopic (exact) mass is 271 g/mol. The van der Waals surface area contributed by atoms with Gasteiger partial charge in [0.2, 0.25) is 0 Å². The predicted molar refractivity (Wildman–Crippen MR) is 82.4 cm³/mol. The maximum absolute atomic E-state index is 8.93. The highest BCUT2D eigenvalue weighted by Gasteiger charge is 2.18. The zero-order valence-corrected chi connectivity index (χ0v) is 12.7. The molecule has 108 valence electrons. The van der Waals surface area contributed by atoms with Crippen molar-refractivity contribution in [3.63, 3.8) is 0 Å². The van der Waals surface area contributed by atoms with Crippen molar-refractivity contribution >= 4 is 0 Å². The zero-order valence-electron chi connectivity index (χ0n) is 12.7. The van der Waals surface area contributed by atoms with Gasteiger partial charge in [-0.1, -0.05) is 18.6 Å². The van der Waals surface area contributed by atoms with Crippen LogP contribution in [0.25, 0.3) is 0 Å². The van der Waals surface area contributed by atoms with Crippen LogP contribution < -0.4 is 0 Å². The van der Waals surface area contributed by atoms with Gasteiger partial charge in [0.25, 0.3) is 0 Å². The molecule has 0 aliphatic carbocycles. The number of piperidine rings is 1. The van der Waals surface area contributed by atoms with Crippen LogP contribution in [-0.4, -0.2) is 43.0 Å². The first-order valence-corrected chi connectivity index (χ1v) is 7.57. The second kappa shape index (κ2) is 7.42. The van der Waals surface area contributed by atoms with E-state index in [0.717, 1.165) is 24.7 Å². The van der Waals surface area contributed by atoms with Crippen LogP contribution >= 0.6 is 0 Å². The molecule has 3 nitrogen and oxygen atoms in total. The molecule has 20 heavy (non-hydrogen) atoms. The number of nitrogens with zero attached hydrogens (tertiary/aromatic N) is 3. The van der Waals surface area contributed by atoms with Gasteiger partial charge in [0.1, 0.15) is 0 Å². The number of likely N-dealkylation sites (tertiary alicyclic amines) is 1. The van der Waals surface area contributed by atoms with E-state index < -0.39 is 0 Å². The molecular formula is C17H25N3. The van der Waals surface area contributed by atoms with Crippen molar-refractivity contribution in [1.82, 2.24) is 9.80 Å². The van der Waals surface area contributed by atoms with Crippen LogP contribution in [0.3, 0.4) is 0 Å². The molecule has 0 saturated carbocycles. The Morgan fingerprint density at radius 3 is 3.00 bits per heavy atom. The van der Waals surface area contributed by atoms with E-state index in [4.69, 9.17) is 5.26 Å². The maximum atomic E-state index is 8.93. The third kappa shape index (κ3) is 4.33. The number of nitriles is 1. The Balaban J connectivity index is 1.80. The average Bonchev–Trinajstić information content (AvgIpc) is 2.46. The third-order valence-corrected chi connectivity index (χ3v) is 4.27. The van der Waals surface area contributed by atoms with Crippen LogP contribution in [0.5, 0.6) is 0 Å². The van der Waals surface area contributed by atoms with E-state index in [-0.39, 0.29) is 0 Å². The van der Waals surface area contributed by atoms with E-state index in [1.54, 1.807) is 0 Å². The molecule has 0 bridgehead atoms. The predicted octanol–water partition coefficient (Wildman–Crippen LogP) is 2.86. The minimum Gasteiger partial charge on any atom is -0.303 e. The molecule has 1 fully saturated rings. The minimum absolute atomic E-state index is 0.747. The van der Waals surface area contributed by atoms with Gasteiger partial charge >= 0.3 is 0 Å². The minimum atomic E-state index is 0.747. The normalized spacial score (nSPS) is 20.0. The first-order valence-electron chi connectivity index (χ1n) is 7.57. The van der Waals surface area contributed by atoms with E-state index in [9.17, 15) is 0 Å². The summed E-state index contributed by atoms with van der Waals surface area (Å²) in [6, 6.07) is 10.9. The van der Waals surface area contributed by atoms with Crippen molar-refractivity contribution in [2.24, 2.45) is 0 Å². The molecule has 1 aliphatic rings. The SMILES string of the molecule is CN(CCC1CCCCN1C)Cc1cccc(C#N)c1. The molecular weight excluding hydrogens is 246 g/mol. The molecule has 3 heteroatoms. The van der Waals surface area contributed by atoms with Crippen molar-refractivity contribution in [2.45, 2.75) is 38.3 Å². The molecule has 1 aromatic carbocycles. The summed E-state index contributed by atoms with van der Waals surface area (Å²) in [5.41, 5.74) is 1.98. The Morgan fingerprint density at radius 1 is 1.40 bits per heavy atom. The molecule has 0 radical (unpaired) electrons. The highest BCUT2D eigenvalue weighted by Crippen LogP contribution is 2.18. The molecule has 1 heterocycles. The van der Waals surface area contributed by atoms with Gasteiger partial charge in [-0.2, -0.15) is 5.26 Å². The third-order valence-electron chi connectivity index (χ3n) is 4.27. The van der Waals surface area contributed by atoms with Crippen LogP contribution in [0.2, 0.25) is 0 Å². The topological polar surface area (TPSA) is 30.3 Å². The molecule has 1 aliphatic heterocycles. The molecule has 0 spiro atoms. The lowest BCUT2D eigenvalue weighted by Gasteiger charge is -2.33. The number of hydrogen-bond acceptors (Lipinski definition) is 3. The van der Waals surface area contributed by atoms with Gasteiger partial charge in [-0.25, -0.2) is 0 Å². The Bertz CT molecular complexity index is 464.